The first-order valence-electron chi connectivity index (χ1n) is 9.89. The van der Waals surface area contributed by atoms with E-state index in [1.807, 2.05) is 29.2 Å². The van der Waals surface area contributed by atoms with E-state index in [1.165, 1.54) is 16.7 Å². The van der Waals surface area contributed by atoms with Crippen LogP contribution in [0.4, 0.5) is 13.2 Å². The third-order valence-electron chi connectivity index (χ3n) is 4.85. The van der Waals surface area contributed by atoms with Gasteiger partial charge in [0.15, 0.2) is 0 Å². The summed E-state index contributed by atoms with van der Waals surface area (Å²) >= 11 is 0. The summed E-state index contributed by atoms with van der Waals surface area (Å²) in [4.78, 5) is 17.8. The van der Waals surface area contributed by atoms with E-state index in [4.69, 9.17) is 20.3 Å². The van der Waals surface area contributed by atoms with E-state index in [-0.39, 0.29) is 0 Å². The Labute approximate surface area is 183 Å². The van der Waals surface area contributed by atoms with Gasteiger partial charge < -0.3 is 10.0 Å². The van der Waals surface area contributed by atoms with E-state index in [0.717, 1.165) is 30.3 Å². The van der Waals surface area contributed by atoms with E-state index in [1.54, 1.807) is 0 Å². The number of aryl methyl sites for hydroxylation is 2. The molecule has 32 heavy (non-hydrogen) atoms. The van der Waals surface area contributed by atoms with Gasteiger partial charge in [-0.15, -0.1) is 0 Å². The lowest BCUT2D eigenvalue weighted by Gasteiger charge is -2.36. The predicted molar refractivity (Wildman–Crippen MR) is 116 cm³/mol. The second-order valence-electron chi connectivity index (χ2n) is 7.50. The highest BCUT2D eigenvalue weighted by Gasteiger charge is 2.38. The van der Waals surface area contributed by atoms with Gasteiger partial charge in [0.25, 0.3) is 0 Å². The van der Waals surface area contributed by atoms with Gasteiger partial charge in [-0.3, -0.25) is 15.3 Å². The number of nitrogens with one attached hydrogen (secondary N) is 1. The Kier molecular flexibility index (Phi) is 6.67. The van der Waals surface area contributed by atoms with Crippen molar-refractivity contribution in [2.75, 3.05) is 13.1 Å². The van der Waals surface area contributed by atoms with Crippen LogP contribution in [0.1, 0.15) is 22.3 Å². The van der Waals surface area contributed by atoms with Crippen molar-refractivity contribution in [3.05, 3.63) is 76.9 Å². The number of aliphatic imine (C=N–C) groups is 1. The number of fused-ring (bicyclic) bond motifs is 1. The molecular formula is C23H23F3N4O2. The number of nitrogens with zero attached hydrogens (tertiary/aromatic N) is 3. The maximum atomic E-state index is 10.6. The molecule has 2 N–H and O–H groups in total. The summed E-state index contributed by atoms with van der Waals surface area (Å²) in [6, 6.07) is 16.8. The smallest absolute Gasteiger partial charge is 0.475 e. The maximum Gasteiger partial charge on any atom is 0.490 e. The molecule has 9 heteroatoms. The van der Waals surface area contributed by atoms with E-state index in [0.29, 0.717) is 12.4 Å². The molecule has 0 aromatic heterocycles. The number of halogens is 3. The molecule has 2 heterocycles. The molecule has 2 aliphatic heterocycles. The maximum absolute atomic E-state index is 10.6. The highest BCUT2D eigenvalue weighted by atomic mass is 19.4. The third-order valence-corrected chi connectivity index (χ3v) is 4.85. The molecule has 0 amide bonds. The van der Waals surface area contributed by atoms with Crippen LogP contribution in [0.5, 0.6) is 0 Å². The highest BCUT2D eigenvalue weighted by Crippen LogP contribution is 2.28. The van der Waals surface area contributed by atoms with Gasteiger partial charge in [-0.05, 0) is 25.0 Å². The molecule has 2 aromatic rings. The second kappa shape index (κ2) is 9.25. The fourth-order valence-electron chi connectivity index (χ4n) is 3.63. The van der Waals surface area contributed by atoms with Crippen LogP contribution >= 0.6 is 0 Å². The molecule has 2 aliphatic rings. The number of hydrogen-bond acceptors (Lipinski definition) is 4. The zero-order valence-corrected chi connectivity index (χ0v) is 17.6. The summed E-state index contributed by atoms with van der Waals surface area (Å²) in [7, 11) is 0. The van der Waals surface area contributed by atoms with Crippen LogP contribution in [0.2, 0.25) is 0 Å². The lowest BCUT2D eigenvalue weighted by atomic mass is 10.1. The minimum atomic E-state index is -5.08. The fraction of sp³-hybridized carbons (Fsp3) is 0.261. The van der Waals surface area contributed by atoms with Gasteiger partial charge in [0, 0.05) is 12.6 Å². The molecule has 2 aromatic carbocycles. The molecule has 0 bridgehead atoms. The Morgan fingerprint density at radius 3 is 2.28 bits per heavy atom. The Balaban J connectivity index is 0.000000360. The first-order chi connectivity index (χ1) is 15.1. The van der Waals surface area contributed by atoms with Crippen LogP contribution in [0.25, 0.3) is 5.70 Å². The van der Waals surface area contributed by atoms with E-state index in [9.17, 15) is 13.2 Å². The molecule has 168 valence electrons. The second-order valence-corrected chi connectivity index (χ2v) is 7.50. The quantitative estimate of drug-likeness (QED) is 0.734. The van der Waals surface area contributed by atoms with Crippen molar-refractivity contribution in [1.82, 2.24) is 9.80 Å². The summed E-state index contributed by atoms with van der Waals surface area (Å²) < 4.78 is 31.7. The van der Waals surface area contributed by atoms with Crippen LogP contribution in [-0.4, -0.2) is 51.9 Å². The lowest BCUT2D eigenvalue weighted by Crippen LogP contribution is -2.47. The number of rotatable bonds is 3. The van der Waals surface area contributed by atoms with Gasteiger partial charge in [-0.2, -0.15) is 13.2 Å². The molecule has 0 unspecified atom stereocenters. The summed E-state index contributed by atoms with van der Waals surface area (Å²) in [5.74, 6) is -1.37. The van der Waals surface area contributed by atoms with Gasteiger partial charge in [0.2, 0.25) is 5.96 Å². The van der Waals surface area contributed by atoms with Crippen LogP contribution in [0.15, 0.2) is 59.6 Å². The van der Waals surface area contributed by atoms with Crippen molar-refractivity contribution in [3.63, 3.8) is 0 Å². The normalized spacial score (nSPS) is 15.5. The number of alkyl halides is 3. The van der Waals surface area contributed by atoms with Crippen LogP contribution in [0, 0.1) is 19.3 Å². The van der Waals surface area contributed by atoms with Crippen molar-refractivity contribution in [2.24, 2.45) is 4.99 Å². The number of aliphatic carboxylic acids is 1. The highest BCUT2D eigenvalue weighted by molar-refractivity contribution is 6.13. The van der Waals surface area contributed by atoms with Crippen molar-refractivity contribution >= 4 is 23.5 Å². The van der Waals surface area contributed by atoms with Gasteiger partial charge in [-0.1, -0.05) is 59.7 Å². The average molecular weight is 444 g/mol. The van der Waals surface area contributed by atoms with E-state index in [2.05, 4.69) is 49.1 Å². The molecular weight excluding hydrogens is 421 g/mol. The minimum Gasteiger partial charge on any atom is -0.475 e. The molecule has 0 aliphatic carbocycles. The van der Waals surface area contributed by atoms with Crippen molar-refractivity contribution in [1.29, 1.82) is 5.41 Å². The lowest BCUT2D eigenvalue weighted by molar-refractivity contribution is -0.192. The van der Waals surface area contributed by atoms with Crippen molar-refractivity contribution in [2.45, 2.75) is 26.6 Å². The topological polar surface area (TPSA) is 80.0 Å². The number of hydrogen-bond donors (Lipinski definition) is 2. The molecule has 0 atom stereocenters. The molecule has 0 saturated carbocycles. The minimum absolute atomic E-state index is 0.495. The standard InChI is InChI=1S/C21H22N4.C2HF3O2/c1-15-10-16(2)12-17(11-15)14-25-20(22)13-19(18-6-4-3-5-7-18)24-9-8-23-21(24)25;3-2(4,5)1(6)7/h3-7,10-13,22H,8-9,14H2,1-2H3;(H,6,7). The zero-order chi connectivity index (χ0) is 23.5. The van der Waals surface area contributed by atoms with E-state index >= 15 is 0 Å². The number of amidine groups is 1. The Bertz CT molecular complexity index is 1060. The number of carboxylic acids is 1. The van der Waals surface area contributed by atoms with Gasteiger partial charge in [-0.25, -0.2) is 4.79 Å². The number of carboxylic acid groups (broad SMARTS) is 1. The van der Waals surface area contributed by atoms with Crippen LogP contribution in [-0.2, 0) is 11.3 Å². The van der Waals surface area contributed by atoms with Crippen LogP contribution in [0.3, 0.4) is 0 Å². The molecule has 0 spiro atoms. The zero-order valence-electron chi connectivity index (χ0n) is 17.6. The molecule has 6 nitrogen and oxygen atoms in total. The first-order valence-corrected chi connectivity index (χ1v) is 9.89. The third kappa shape index (κ3) is 5.35. The van der Waals surface area contributed by atoms with Crippen molar-refractivity contribution < 1.29 is 23.1 Å². The Morgan fingerprint density at radius 1 is 1.12 bits per heavy atom. The largest absolute Gasteiger partial charge is 0.490 e. The van der Waals surface area contributed by atoms with Gasteiger partial charge >= 0.3 is 12.1 Å². The molecule has 0 fully saturated rings. The summed E-state index contributed by atoms with van der Waals surface area (Å²) in [6.45, 7) is 6.55. The molecule has 0 radical (unpaired) electrons. The Morgan fingerprint density at radius 2 is 1.72 bits per heavy atom. The predicted octanol–water partition coefficient (Wildman–Crippen LogP) is 4.44. The van der Waals surface area contributed by atoms with Gasteiger partial charge in [0.05, 0.1) is 18.8 Å². The first kappa shape index (κ1) is 23.1. The Hall–Kier alpha value is -3.62. The monoisotopic (exact) mass is 444 g/mol. The molecule has 4 rings (SSSR count). The average Bonchev–Trinajstić information content (AvgIpc) is 3.19. The summed E-state index contributed by atoms with van der Waals surface area (Å²) in [5, 5.41) is 15.7. The van der Waals surface area contributed by atoms with Crippen LogP contribution < -0.4 is 0 Å². The fourth-order valence-corrected chi connectivity index (χ4v) is 3.63. The van der Waals surface area contributed by atoms with Crippen molar-refractivity contribution in [3.8, 4) is 0 Å². The number of benzene rings is 2. The summed E-state index contributed by atoms with van der Waals surface area (Å²) in [5.41, 5.74) is 5.92. The number of carbonyl (C=O) groups is 1. The summed E-state index contributed by atoms with van der Waals surface area (Å²) in [6.07, 6.45) is -3.12. The van der Waals surface area contributed by atoms with Gasteiger partial charge in [0.1, 0.15) is 5.84 Å². The molecule has 0 saturated heterocycles. The SMILES string of the molecule is Cc1cc(C)cc(CN2C(=N)C=C(c3ccccc3)N3CCN=C23)c1.O=C(O)C(F)(F)F. The number of guanidine groups is 1. The van der Waals surface area contributed by atoms with E-state index < -0.39 is 12.1 Å².